The van der Waals surface area contributed by atoms with E-state index in [0.717, 1.165) is 5.52 Å². The molecule has 7 heteroatoms. The summed E-state index contributed by atoms with van der Waals surface area (Å²) in [7, 11) is -1.51. The summed E-state index contributed by atoms with van der Waals surface area (Å²) in [6, 6.07) is 4.86. The van der Waals surface area contributed by atoms with E-state index in [0.29, 0.717) is 17.5 Å². The summed E-state index contributed by atoms with van der Waals surface area (Å²) >= 11 is 0. The van der Waals surface area contributed by atoms with Crippen LogP contribution < -0.4 is 5.46 Å². The van der Waals surface area contributed by atoms with Crippen LogP contribution in [0.15, 0.2) is 18.2 Å². The Morgan fingerprint density at radius 1 is 1.35 bits per heavy atom. The number of nitrogens with zero attached hydrogens (tertiary/aromatic N) is 3. The minimum absolute atomic E-state index is 0.324. The van der Waals surface area contributed by atoms with Crippen LogP contribution in [0.4, 0.5) is 0 Å². The Hall–Kier alpha value is -1.44. The summed E-state index contributed by atoms with van der Waals surface area (Å²) < 4.78 is 1.59. The predicted octanol–water partition coefficient (Wildman–Crippen LogP) is -1.12. The lowest BCUT2D eigenvalue weighted by Gasteiger charge is -2.16. The molecule has 0 aliphatic rings. The molecule has 0 saturated heterocycles. The predicted molar refractivity (Wildman–Crippen MR) is 63.7 cm³/mol. The maximum atomic E-state index is 9.72. The van der Waals surface area contributed by atoms with E-state index < -0.39 is 12.7 Å². The van der Waals surface area contributed by atoms with Crippen LogP contribution in [0, 0.1) is 0 Å². The first kappa shape index (κ1) is 12.0. The van der Waals surface area contributed by atoms with Gasteiger partial charge in [-0.15, -0.1) is 5.10 Å². The molecule has 0 atom stereocenters. The van der Waals surface area contributed by atoms with Crippen molar-refractivity contribution in [3.8, 4) is 0 Å². The highest BCUT2D eigenvalue weighted by molar-refractivity contribution is 6.58. The molecule has 0 saturated carbocycles. The molecule has 90 valence electrons. The fourth-order valence-corrected chi connectivity index (χ4v) is 1.63. The molecular weight excluding hydrogens is 221 g/mol. The molecule has 3 N–H and O–H groups in total. The summed E-state index contributed by atoms with van der Waals surface area (Å²) in [4.78, 5) is 0. The lowest BCUT2D eigenvalue weighted by Crippen LogP contribution is -2.29. The minimum atomic E-state index is -1.51. The van der Waals surface area contributed by atoms with Crippen molar-refractivity contribution < 1.29 is 15.2 Å². The van der Waals surface area contributed by atoms with E-state index in [2.05, 4.69) is 10.3 Å². The van der Waals surface area contributed by atoms with Crippen LogP contribution in [0.3, 0.4) is 0 Å². The van der Waals surface area contributed by atoms with E-state index in [9.17, 15) is 5.11 Å². The zero-order valence-corrected chi connectivity index (χ0v) is 9.70. The first-order chi connectivity index (χ1) is 7.87. The molecule has 17 heavy (non-hydrogen) atoms. The molecule has 1 heterocycles. The normalized spacial score (nSPS) is 12.1. The van der Waals surface area contributed by atoms with Crippen LogP contribution in [0.25, 0.3) is 11.0 Å². The van der Waals surface area contributed by atoms with Gasteiger partial charge in [-0.2, -0.15) is 0 Å². The summed E-state index contributed by atoms with van der Waals surface area (Å²) in [5.41, 5.74) is 0.805. The maximum Gasteiger partial charge on any atom is 0.488 e. The van der Waals surface area contributed by atoms with Gasteiger partial charge < -0.3 is 15.2 Å². The van der Waals surface area contributed by atoms with Crippen LogP contribution in [-0.4, -0.2) is 42.9 Å². The second-order valence-corrected chi connectivity index (χ2v) is 4.68. The third-order valence-electron chi connectivity index (χ3n) is 2.37. The van der Waals surface area contributed by atoms with Crippen LogP contribution in [0.2, 0.25) is 0 Å². The van der Waals surface area contributed by atoms with Crippen molar-refractivity contribution in [2.24, 2.45) is 0 Å². The molecule has 0 bridgehead atoms. The van der Waals surface area contributed by atoms with Gasteiger partial charge in [0.25, 0.3) is 0 Å². The van der Waals surface area contributed by atoms with E-state index in [1.165, 1.54) is 0 Å². The van der Waals surface area contributed by atoms with E-state index in [-0.39, 0.29) is 0 Å². The number of hydrogen-bond donors (Lipinski definition) is 3. The van der Waals surface area contributed by atoms with E-state index in [1.54, 1.807) is 36.7 Å². The number of aliphatic hydroxyl groups is 1. The summed E-state index contributed by atoms with van der Waals surface area (Å²) in [5, 5.41) is 35.6. The van der Waals surface area contributed by atoms with Crippen LogP contribution >= 0.6 is 0 Å². The number of benzene rings is 1. The smallest absolute Gasteiger partial charge is 0.423 e. The van der Waals surface area contributed by atoms with Crippen molar-refractivity contribution in [2.75, 3.05) is 0 Å². The van der Waals surface area contributed by atoms with Crippen molar-refractivity contribution in [3.63, 3.8) is 0 Å². The highest BCUT2D eigenvalue weighted by atomic mass is 16.4. The zero-order chi connectivity index (χ0) is 12.6. The average molecular weight is 235 g/mol. The molecular formula is C10H14BN3O3. The molecule has 0 amide bonds. The summed E-state index contributed by atoms with van der Waals surface area (Å²) in [6.07, 6.45) is 0. The first-order valence-electron chi connectivity index (χ1n) is 5.28. The second kappa shape index (κ2) is 4.10. The van der Waals surface area contributed by atoms with Gasteiger partial charge in [-0.05, 0) is 31.4 Å². The molecule has 0 aliphatic carbocycles. The Bertz CT molecular complexity index is 533. The van der Waals surface area contributed by atoms with Crippen LogP contribution in [0.5, 0.6) is 0 Å². The molecule has 2 rings (SSSR count). The molecule has 2 aromatic rings. The quantitative estimate of drug-likeness (QED) is 0.586. The van der Waals surface area contributed by atoms with Crippen molar-refractivity contribution in [2.45, 2.75) is 26.0 Å². The van der Waals surface area contributed by atoms with Gasteiger partial charge in [0.1, 0.15) is 5.52 Å². The van der Waals surface area contributed by atoms with Gasteiger partial charge in [-0.25, -0.2) is 4.68 Å². The van der Waals surface area contributed by atoms with Gasteiger partial charge in [0.2, 0.25) is 0 Å². The fraction of sp³-hybridized carbons (Fsp3) is 0.400. The monoisotopic (exact) mass is 235 g/mol. The summed E-state index contributed by atoms with van der Waals surface area (Å²) in [5.74, 6) is 0. The van der Waals surface area contributed by atoms with Gasteiger partial charge >= 0.3 is 7.12 Å². The average Bonchev–Trinajstić information content (AvgIpc) is 2.58. The maximum absolute atomic E-state index is 9.72. The molecule has 0 aliphatic heterocycles. The second-order valence-electron chi connectivity index (χ2n) is 4.68. The van der Waals surface area contributed by atoms with Crippen LogP contribution in [0.1, 0.15) is 13.8 Å². The van der Waals surface area contributed by atoms with Crippen molar-refractivity contribution in [1.29, 1.82) is 0 Å². The highest BCUT2D eigenvalue weighted by Gasteiger charge is 2.18. The topological polar surface area (TPSA) is 91.4 Å². The Balaban J connectivity index is 2.42. The van der Waals surface area contributed by atoms with Gasteiger partial charge in [-0.1, -0.05) is 11.3 Å². The van der Waals surface area contributed by atoms with Gasteiger partial charge in [-0.3, -0.25) is 0 Å². The van der Waals surface area contributed by atoms with Crippen molar-refractivity contribution in [3.05, 3.63) is 18.2 Å². The molecule has 0 radical (unpaired) electrons. The molecule has 1 aromatic carbocycles. The SMILES string of the molecule is CC(C)(O)Cn1nnc2cc(B(O)O)ccc21. The van der Waals surface area contributed by atoms with Crippen LogP contribution in [-0.2, 0) is 6.54 Å². The Morgan fingerprint density at radius 2 is 2.06 bits per heavy atom. The van der Waals surface area contributed by atoms with Crippen molar-refractivity contribution in [1.82, 2.24) is 15.0 Å². The van der Waals surface area contributed by atoms with Gasteiger partial charge in [0, 0.05) is 0 Å². The summed E-state index contributed by atoms with van der Waals surface area (Å²) in [6.45, 7) is 3.70. The van der Waals surface area contributed by atoms with E-state index in [4.69, 9.17) is 10.0 Å². The fourth-order valence-electron chi connectivity index (χ4n) is 1.63. The molecule has 1 aromatic heterocycles. The third kappa shape index (κ3) is 2.63. The van der Waals surface area contributed by atoms with E-state index >= 15 is 0 Å². The van der Waals surface area contributed by atoms with Gasteiger partial charge in [0.15, 0.2) is 0 Å². The zero-order valence-electron chi connectivity index (χ0n) is 9.70. The number of aromatic nitrogens is 3. The molecule has 0 fully saturated rings. The number of fused-ring (bicyclic) bond motifs is 1. The lowest BCUT2D eigenvalue weighted by molar-refractivity contribution is 0.0585. The van der Waals surface area contributed by atoms with Crippen molar-refractivity contribution >= 4 is 23.6 Å². The number of hydrogen-bond acceptors (Lipinski definition) is 5. The van der Waals surface area contributed by atoms with E-state index in [1.807, 2.05) is 0 Å². The van der Waals surface area contributed by atoms with Gasteiger partial charge in [0.05, 0.1) is 17.7 Å². The molecule has 6 nitrogen and oxygen atoms in total. The minimum Gasteiger partial charge on any atom is -0.423 e. The largest absolute Gasteiger partial charge is 0.488 e. The first-order valence-corrected chi connectivity index (χ1v) is 5.28. The molecule has 0 unspecified atom stereocenters. The Kier molecular flexibility index (Phi) is 2.90. The lowest BCUT2D eigenvalue weighted by atomic mass is 9.80. The Labute approximate surface area is 98.6 Å². The standard InChI is InChI=1S/C10H14BN3O3/c1-10(2,15)6-14-9-4-3-7(11(16)17)5-8(9)12-13-14/h3-5,15-17H,6H2,1-2H3. The highest BCUT2D eigenvalue weighted by Crippen LogP contribution is 2.12. The third-order valence-corrected chi connectivity index (χ3v) is 2.37. The number of rotatable bonds is 3. The Morgan fingerprint density at radius 3 is 2.65 bits per heavy atom. The molecule has 0 spiro atoms.